The molecule has 0 spiro atoms. The van der Waals surface area contributed by atoms with Crippen molar-refractivity contribution < 1.29 is 0 Å². The van der Waals surface area contributed by atoms with Gasteiger partial charge in [0.05, 0.1) is 0 Å². The average Bonchev–Trinajstić information content (AvgIpc) is 2.80. The van der Waals surface area contributed by atoms with Crippen LogP contribution < -0.4 is 5.73 Å². The fraction of sp³-hybridized carbons (Fsp3) is 0.600. The molecule has 112 valence electrons. The van der Waals surface area contributed by atoms with E-state index in [9.17, 15) is 0 Å². The van der Waals surface area contributed by atoms with Crippen LogP contribution in [-0.2, 0) is 0 Å². The smallest absolute Gasteiger partial charge is 0.0479 e. The van der Waals surface area contributed by atoms with Crippen LogP contribution in [0.2, 0.25) is 5.02 Å². The van der Waals surface area contributed by atoms with Crippen molar-refractivity contribution >= 4 is 27.5 Å². The lowest BCUT2D eigenvalue weighted by Gasteiger charge is -2.32. The highest BCUT2D eigenvalue weighted by Crippen LogP contribution is 2.30. The van der Waals surface area contributed by atoms with Gasteiger partial charge in [-0.3, -0.25) is 4.90 Å². The van der Waals surface area contributed by atoms with E-state index in [0.717, 1.165) is 16.0 Å². The zero-order valence-electron chi connectivity index (χ0n) is 12.1. The van der Waals surface area contributed by atoms with E-state index in [1.165, 1.54) is 24.9 Å². The molecule has 0 aliphatic carbocycles. The van der Waals surface area contributed by atoms with Crippen molar-refractivity contribution in [1.29, 1.82) is 0 Å². The number of halogens is 2. The summed E-state index contributed by atoms with van der Waals surface area (Å²) in [4.78, 5) is 4.79. The van der Waals surface area contributed by atoms with Crippen LogP contribution in [-0.4, -0.2) is 49.6 Å². The third kappa shape index (κ3) is 3.74. The second-order valence-electron chi connectivity index (χ2n) is 5.63. The standard InChI is InChI=1S/C15H23BrClN3/c1-19-7-3-4-12(19)10-20(2)15(9-18)13-8-11(17)5-6-14(13)16/h5-6,8,12,15H,3-4,7,9-10,18H2,1-2H3. The summed E-state index contributed by atoms with van der Waals surface area (Å²) < 4.78 is 1.07. The number of hydrogen-bond donors (Lipinski definition) is 1. The van der Waals surface area contributed by atoms with Gasteiger partial charge in [-0.25, -0.2) is 0 Å². The third-order valence-electron chi connectivity index (χ3n) is 4.24. The first-order valence-electron chi connectivity index (χ1n) is 7.08. The molecule has 1 fully saturated rings. The van der Waals surface area contributed by atoms with Crippen molar-refractivity contribution in [2.24, 2.45) is 5.73 Å². The van der Waals surface area contributed by atoms with Gasteiger partial charge in [-0.15, -0.1) is 0 Å². The predicted octanol–water partition coefficient (Wildman–Crippen LogP) is 3.13. The molecule has 0 aromatic heterocycles. The van der Waals surface area contributed by atoms with E-state index in [4.69, 9.17) is 17.3 Å². The summed E-state index contributed by atoms with van der Waals surface area (Å²) in [6.45, 7) is 2.83. The van der Waals surface area contributed by atoms with Crippen molar-refractivity contribution in [3.63, 3.8) is 0 Å². The van der Waals surface area contributed by atoms with Crippen molar-refractivity contribution in [3.05, 3.63) is 33.3 Å². The molecule has 1 saturated heterocycles. The highest BCUT2D eigenvalue weighted by Gasteiger charge is 2.26. The Morgan fingerprint density at radius 2 is 2.30 bits per heavy atom. The van der Waals surface area contributed by atoms with Gasteiger partial charge in [-0.05, 0) is 57.2 Å². The maximum Gasteiger partial charge on any atom is 0.0479 e. The van der Waals surface area contributed by atoms with E-state index in [-0.39, 0.29) is 6.04 Å². The van der Waals surface area contributed by atoms with Crippen LogP contribution in [0, 0.1) is 0 Å². The normalized spacial score (nSPS) is 21.6. The van der Waals surface area contributed by atoms with Crippen LogP contribution in [0.1, 0.15) is 24.4 Å². The summed E-state index contributed by atoms with van der Waals surface area (Å²) in [6.07, 6.45) is 2.57. The molecule has 0 bridgehead atoms. The fourth-order valence-electron chi connectivity index (χ4n) is 2.98. The van der Waals surface area contributed by atoms with E-state index in [1.807, 2.05) is 18.2 Å². The highest BCUT2D eigenvalue weighted by molar-refractivity contribution is 9.10. The number of nitrogens with zero attached hydrogens (tertiary/aromatic N) is 2. The van der Waals surface area contributed by atoms with E-state index in [1.54, 1.807) is 0 Å². The number of likely N-dealkylation sites (N-methyl/N-ethyl adjacent to an activating group) is 2. The topological polar surface area (TPSA) is 32.5 Å². The zero-order chi connectivity index (χ0) is 14.7. The van der Waals surface area contributed by atoms with E-state index < -0.39 is 0 Å². The monoisotopic (exact) mass is 359 g/mol. The van der Waals surface area contributed by atoms with Crippen LogP contribution in [0.3, 0.4) is 0 Å². The highest BCUT2D eigenvalue weighted by atomic mass is 79.9. The second-order valence-corrected chi connectivity index (χ2v) is 6.92. The second kappa shape index (κ2) is 7.23. The first kappa shape index (κ1) is 16.2. The Morgan fingerprint density at radius 3 is 2.90 bits per heavy atom. The molecule has 2 N–H and O–H groups in total. The van der Waals surface area contributed by atoms with E-state index >= 15 is 0 Å². The van der Waals surface area contributed by atoms with Crippen molar-refractivity contribution in [2.45, 2.75) is 24.9 Å². The molecule has 0 amide bonds. The van der Waals surface area contributed by atoms with Gasteiger partial charge in [0.25, 0.3) is 0 Å². The molecule has 0 radical (unpaired) electrons. The van der Waals surface area contributed by atoms with Gasteiger partial charge in [0.15, 0.2) is 0 Å². The molecule has 2 atom stereocenters. The first-order chi connectivity index (χ1) is 9.52. The Kier molecular flexibility index (Phi) is 5.87. The van der Waals surface area contributed by atoms with Gasteiger partial charge in [0.1, 0.15) is 0 Å². The third-order valence-corrected chi connectivity index (χ3v) is 5.20. The van der Waals surface area contributed by atoms with Crippen LogP contribution in [0.5, 0.6) is 0 Å². The first-order valence-corrected chi connectivity index (χ1v) is 8.25. The quantitative estimate of drug-likeness (QED) is 0.875. The molecular formula is C15H23BrClN3. The van der Waals surface area contributed by atoms with Crippen molar-refractivity contribution in [2.75, 3.05) is 33.7 Å². The molecule has 2 rings (SSSR count). The van der Waals surface area contributed by atoms with E-state index in [2.05, 4.69) is 39.8 Å². The van der Waals surface area contributed by atoms with Gasteiger partial charge >= 0.3 is 0 Å². The summed E-state index contributed by atoms with van der Waals surface area (Å²) in [5.41, 5.74) is 7.18. The maximum absolute atomic E-state index is 6.13. The minimum Gasteiger partial charge on any atom is -0.329 e. The summed E-state index contributed by atoms with van der Waals surface area (Å²) in [5, 5.41) is 0.757. The molecule has 1 aliphatic heterocycles. The summed E-state index contributed by atoms with van der Waals surface area (Å²) in [5.74, 6) is 0. The van der Waals surface area contributed by atoms with Gasteiger partial charge in [-0.1, -0.05) is 27.5 Å². The number of hydrogen-bond acceptors (Lipinski definition) is 3. The van der Waals surface area contributed by atoms with Gasteiger partial charge in [-0.2, -0.15) is 0 Å². The Bertz CT molecular complexity index is 455. The maximum atomic E-state index is 6.13. The van der Waals surface area contributed by atoms with Crippen molar-refractivity contribution in [3.8, 4) is 0 Å². The summed E-state index contributed by atoms with van der Waals surface area (Å²) >= 11 is 9.74. The largest absolute Gasteiger partial charge is 0.329 e. The van der Waals surface area contributed by atoms with Crippen LogP contribution in [0.25, 0.3) is 0 Å². The zero-order valence-corrected chi connectivity index (χ0v) is 14.5. The molecule has 1 heterocycles. The lowest BCUT2D eigenvalue weighted by atomic mass is 10.0. The molecule has 2 unspecified atom stereocenters. The number of nitrogens with two attached hydrogens (primary N) is 1. The minimum atomic E-state index is 0.192. The van der Waals surface area contributed by atoms with Crippen LogP contribution in [0.15, 0.2) is 22.7 Å². The van der Waals surface area contributed by atoms with Gasteiger partial charge in [0, 0.05) is 34.7 Å². The summed E-state index contributed by atoms with van der Waals surface area (Å²) in [6, 6.07) is 6.73. The molecule has 3 nitrogen and oxygen atoms in total. The average molecular weight is 361 g/mol. The molecule has 1 aromatic rings. The minimum absolute atomic E-state index is 0.192. The number of benzene rings is 1. The molecule has 1 aliphatic rings. The molecular weight excluding hydrogens is 338 g/mol. The number of likely N-dealkylation sites (tertiary alicyclic amines) is 1. The van der Waals surface area contributed by atoms with Crippen LogP contribution in [0.4, 0.5) is 0 Å². The van der Waals surface area contributed by atoms with Gasteiger partial charge < -0.3 is 10.6 Å². The molecule has 5 heteroatoms. The fourth-order valence-corrected chi connectivity index (χ4v) is 3.68. The Hall–Kier alpha value is -0.130. The molecule has 0 saturated carbocycles. The Morgan fingerprint density at radius 1 is 1.55 bits per heavy atom. The Balaban J connectivity index is 2.12. The van der Waals surface area contributed by atoms with Crippen LogP contribution >= 0.6 is 27.5 Å². The summed E-state index contributed by atoms with van der Waals surface area (Å²) in [7, 11) is 4.36. The molecule has 1 aromatic carbocycles. The van der Waals surface area contributed by atoms with Crippen molar-refractivity contribution in [1.82, 2.24) is 9.80 Å². The number of rotatable bonds is 5. The predicted molar refractivity (Wildman–Crippen MR) is 89.2 cm³/mol. The molecule has 20 heavy (non-hydrogen) atoms. The lowest BCUT2D eigenvalue weighted by Crippen LogP contribution is -2.40. The lowest BCUT2D eigenvalue weighted by molar-refractivity contribution is 0.179. The van der Waals surface area contributed by atoms with Gasteiger partial charge in [0.2, 0.25) is 0 Å². The van der Waals surface area contributed by atoms with E-state index in [0.29, 0.717) is 12.6 Å². The SMILES string of the molecule is CN1CCCC1CN(C)C(CN)c1cc(Cl)ccc1Br. The Labute approximate surface area is 135 Å².